The monoisotopic (exact) mass is 242 g/mol. The van der Waals surface area contributed by atoms with E-state index in [0.29, 0.717) is 0 Å². The third-order valence-electron chi connectivity index (χ3n) is 2.82. The number of hydrogen-bond acceptors (Lipinski definition) is 3. The predicted octanol–water partition coefficient (Wildman–Crippen LogP) is 1.60. The minimum absolute atomic E-state index is 0.0509. The normalized spacial score (nSPS) is 19.9. The van der Waals surface area contributed by atoms with Gasteiger partial charge in [0.15, 0.2) is 15.6 Å². The summed E-state index contributed by atoms with van der Waals surface area (Å²) in [5.41, 5.74) is 0.287. The molecule has 0 radical (unpaired) electrons. The molecule has 0 fully saturated rings. The lowest BCUT2D eigenvalue weighted by atomic mass is 10.1. The number of fused-ring (bicyclic) bond motifs is 1. The molecule has 5 heteroatoms. The maximum atomic E-state index is 13.5. The van der Waals surface area contributed by atoms with Gasteiger partial charge in [-0.15, -0.1) is 0 Å². The fourth-order valence-corrected chi connectivity index (χ4v) is 2.93. The van der Waals surface area contributed by atoms with Crippen molar-refractivity contribution in [3.63, 3.8) is 0 Å². The summed E-state index contributed by atoms with van der Waals surface area (Å²) in [5, 5.41) is 0. The van der Waals surface area contributed by atoms with Gasteiger partial charge in [0.05, 0.1) is 4.90 Å². The van der Waals surface area contributed by atoms with Crippen LogP contribution in [0.25, 0.3) is 0 Å². The number of benzene rings is 1. The van der Waals surface area contributed by atoms with Gasteiger partial charge in [-0.3, -0.25) is 4.79 Å². The average Bonchev–Trinajstić information content (AvgIpc) is 2.44. The van der Waals surface area contributed by atoms with Crippen molar-refractivity contribution >= 4 is 15.6 Å². The summed E-state index contributed by atoms with van der Waals surface area (Å²) in [6.07, 6.45) is 1.31. The van der Waals surface area contributed by atoms with Gasteiger partial charge >= 0.3 is 0 Å². The number of ketones is 1. The van der Waals surface area contributed by atoms with E-state index in [-0.39, 0.29) is 34.1 Å². The molecule has 3 nitrogen and oxygen atoms in total. The molecule has 0 N–H and O–H groups in total. The zero-order valence-corrected chi connectivity index (χ0v) is 9.77. The standard InChI is InChI=1S/C11H11FO3S/c1-6-5-7-8(12)3-4-9(16(2,14)15)10(7)11(6)13/h3-4,6H,5H2,1-2H3. The molecule has 1 aliphatic rings. The number of carbonyl (C=O) groups excluding carboxylic acids is 1. The summed E-state index contributed by atoms with van der Waals surface area (Å²) in [7, 11) is -3.49. The van der Waals surface area contributed by atoms with Crippen LogP contribution in [0.3, 0.4) is 0 Å². The smallest absolute Gasteiger partial charge is 0.176 e. The molecule has 0 saturated heterocycles. The van der Waals surface area contributed by atoms with E-state index in [9.17, 15) is 17.6 Å². The van der Waals surface area contributed by atoms with Crippen molar-refractivity contribution in [1.29, 1.82) is 0 Å². The Morgan fingerprint density at radius 1 is 1.38 bits per heavy atom. The maximum absolute atomic E-state index is 13.5. The third-order valence-corrected chi connectivity index (χ3v) is 3.96. The Morgan fingerprint density at radius 2 is 2.00 bits per heavy atom. The van der Waals surface area contributed by atoms with Crippen molar-refractivity contribution in [2.45, 2.75) is 18.2 Å². The first-order chi connectivity index (χ1) is 7.32. The molecule has 0 aliphatic heterocycles. The van der Waals surface area contributed by atoms with Crippen LogP contribution >= 0.6 is 0 Å². The van der Waals surface area contributed by atoms with Crippen molar-refractivity contribution in [1.82, 2.24) is 0 Å². The summed E-state index contributed by atoms with van der Waals surface area (Å²) in [6.45, 7) is 1.67. The van der Waals surface area contributed by atoms with E-state index in [1.165, 1.54) is 6.07 Å². The van der Waals surface area contributed by atoms with E-state index in [4.69, 9.17) is 0 Å². The summed E-state index contributed by atoms with van der Waals surface area (Å²) < 4.78 is 36.4. The van der Waals surface area contributed by atoms with Crippen LogP contribution in [-0.4, -0.2) is 20.5 Å². The number of halogens is 1. The topological polar surface area (TPSA) is 51.2 Å². The molecular formula is C11H11FO3S. The van der Waals surface area contributed by atoms with Crippen LogP contribution in [-0.2, 0) is 16.3 Å². The van der Waals surface area contributed by atoms with E-state index in [2.05, 4.69) is 0 Å². The molecular weight excluding hydrogens is 231 g/mol. The third kappa shape index (κ3) is 1.55. The molecule has 0 bridgehead atoms. The van der Waals surface area contributed by atoms with Gasteiger partial charge in [-0.2, -0.15) is 0 Å². The molecule has 0 amide bonds. The average molecular weight is 242 g/mol. The highest BCUT2D eigenvalue weighted by Gasteiger charge is 2.34. The second-order valence-corrected chi connectivity index (χ2v) is 6.12. The molecule has 0 spiro atoms. The Bertz CT molecular complexity index is 575. The van der Waals surface area contributed by atoms with Crippen molar-refractivity contribution in [3.05, 3.63) is 29.1 Å². The van der Waals surface area contributed by atoms with Crippen molar-refractivity contribution in [2.75, 3.05) is 6.26 Å². The van der Waals surface area contributed by atoms with Crippen LogP contribution in [0.15, 0.2) is 17.0 Å². The van der Waals surface area contributed by atoms with E-state index in [1.807, 2.05) is 0 Å². The molecule has 0 aromatic heterocycles. The van der Waals surface area contributed by atoms with E-state index in [0.717, 1.165) is 12.3 Å². The molecule has 1 aromatic rings. The summed E-state index contributed by atoms with van der Waals surface area (Å²) >= 11 is 0. The van der Waals surface area contributed by atoms with Crippen LogP contribution < -0.4 is 0 Å². The first kappa shape index (κ1) is 11.3. The van der Waals surface area contributed by atoms with Crippen LogP contribution in [0.2, 0.25) is 0 Å². The largest absolute Gasteiger partial charge is 0.294 e. The van der Waals surface area contributed by atoms with Gasteiger partial charge in [-0.1, -0.05) is 6.92 Å². The number of sulfone groups is 1. The van der Waals surface area contributed by atoms with Crippen LogP contribution in [0.4, 0.5) is 4.39 Å². The lowest BCUT2D eigenvalue weighted by molar-refractivity contribution is 0.0943. The van der Waals surface area contributed by atoms with Crippen molar-refractivity contribution in [2.24, 2.45) is 5.92 Å². The highest BCUT2D eigenvalue weighted by Crippen LogP contribution is 2.33. The second-order valence-electron chi connectivity index (χ2n) is 4.14. The number of carbonyl (C=O) groups is 1. The zero-order chi connectivity index (χ0) is 12.1. The fourth-order valence-electron chi connectivity index (χ4n) is 2.02. The molecule has 86 valence electrons. The number of hydrogen-bond donors (Lipinski definition) is 0. The van der Waals surface area contributed by atoms with Crippen molar-refractivity contribution in [3.8, 4) is 0 Å². The van der Waals surface area contributed by atoms with Crippen LogP contribution in [0.1, 0.15) is 22.8 Å². The highest BCUT2D eigenvalue weighted by molar-refractivity contribution is 7.90. The maximum Gasteiger partial charge on any atom is 0.176 e. The Morgan fingerprint density at radius 3 is 2.56 bits per heavy atom. The van der Waals surface area contributed by atoms with E-state index >= 15 is 0 Å². The second kappa shape index (κ2) is 3.38. The minimum Gasteiger partial charge on any atom is -0.294 e. The molecule has 0 saturated carbocycles. The van der Waals surface area contributed by atoms with Gasteiger partial charge in [0.25, 0.3) is 0 Å². The van der Waals surface area contributed by atoms with Gasteiger partial charge in [0.2, 0.25) is 0 Å². The Kier molecular flexibility index (Phi) is 2.38. The fraction of sp³-hybridized carbons (Fsp3) is 0.364. The predicted molar refractivity (Wildman–Crippen MR) is 56.7 cm³/mol. The van der Waals surface area contributed by atoms with E-state index in [1.54, 1.807) is 6.92 Å². The molecule has 1 atom stereocenters. The molecule has 2 rings (SSSR count). The highest BCUT2D eigenvalue weighted by atomic mass is 32.2. The number of Topliss-reactive ketones (excluding diaryl/α,β-unsaturated/α-hetero) is 1. The van der Waals surface area contributed by atoms with Crippen LogP contribution in [0, 0.1) is 11.7 Å². The van der Waals surface area contributed by atoms with Crippen LogP contribution in [0.5, 0.6) is 0 Å². The first-order valence-corrected chi connectivity index (χ1v) is 6.77. The molecule has 1 aliphatic carbocycles. The van der Waals surface area contributed by atoms with Gasteiger partial charge in [0, 0.05) is 23.3 Å². The van der Waals surface area contributed by atoms with E-state index < -0.39 is 15.7 Å². The zero-order valence-electron chi connectivity index (χ0n) is 8.95. The Balaban J connectivity index is 2.80. The summed E-state index contributed by atoms with van der Waals surface area (Å²) in [4.78, 5) is 11.7. The molecule has 16 heavy (non-hydrogen) atoms. The van der Waals surface area contributed by atoms with Crippen molar-refractivity contribution < 1.29 is 17.6 Å². The van der Waals surface area contributed by atoms with Gasteiger partial charge in [0.1, 0.15) is 5.82 Å². The minimum atomic E-state index is -3.49. The number of rotatable bonds is 1. The van der Waals surface area contributed by atoms with Gasteiger partial charge in [-0.05, 0) is 18.6 Å². The lowest BCUT2D eigenvalue weighted by Gasteiger charge is -2.05. The summed E-state index contributed by atoms with van der Waals surface area (Å²) in [5.74, 6) is -1.12. The Labute approximate surface area is 93.2 Å². The first-order valence-electron chi connectivity index (χ1n) is 4.88. The van der Waals surface area contributed by atoms with Gasteiger partial charge in [-0.25, -0.2) is 12.8 Å². The molecule has 0 heterocycles. The molecule has 1 unspecified atom stereocenters. The molecule has 1 aromatic carbocycles. The quantitative estimate of drug-likeness (QED) is 0.703. The lowest BCUT2D eigenvalue weighted by Crippen LogP contribution is -2.09. The summed E-state index contributed by atoms with van der Waals surface area (Å²) in [6, 6.07) is 2.28. The SMILES string of the molecule is CC1Cc2c(F)ccc(S(C)(=O)=O)c2C1=O. The Hall–Kier alpha value is -1.23. The van der Waals surface area contributed by atoms with Gasteiger partial charge < -0.3 is 0 Å².